The first-order valence-electron chi connectivity index (χ1n) is 7.80. The second-order valence-corrected chi connectivity index (χ2v) is 6.53. The lowest BCUT2D eigenvalue weighted by Gasteiger charge is -2.16. The van der Waals surface area contributed by atoms with Gasteiger partial charge in [0.25, 0.3) is 0 Å². The van der Waals surface area contributed by atoms with E-state index >= 15 is 0 Å². The molecule has 0 saturated carbocycles. The Bertz CT molecular complexity index is 977. The predicted octanol–water partition coefficient (Wildman–Crippen LogP) is 3.65. The van der Waals surface area contributed by atoms with Crippen molar-refractivity contribution >= 4 is 23.3 Å². The van der Waals surface area contributed by atoms with Crippen molar-refractivity contribution in [2.75, 3.05) is 11.1 Å². The maximum Gasteiger partial charge on any atom is 0.433 e. The molecule has 3 heterocycles. The summed E-state index contributed by atoms with van der Waals surface area (Å²) >= 11 is 1.44. The van der Waals surface area contributed by atoms with Gasteiger partial charge in [-0.3, -0.25) is 10.1 Å². The summed E-state index contributed by atoms with van der Waals surface area (Å²) < 4.78 is 11.2. The first-order chi connectivity index (χ1) is 12.7. The second kappa shape index (κ2) is 6.64. The summed E-state index contributed by atoms with van der Waals surface area (Å²) in [6.45, 7) is 1.99. The van der Waals surface area contributed by atoms with E-state index in [0.717, 1.165) is 17.0 Å². The van der Waals surface area contributed by atoms with Crippen LogP contribution in [0.5, 0.6) is 5.88 Å². The maximum absolute atomic E-state index is 10.9. The Morgan fingerprint density at radius 3 is 2.88 bits per heavy atom. The third-order valence-electron chi connectivity index (χ3n) is 3.66. The molecular formula is C16H13N5O4S. The second-order valence-electron chi connectivity index (χ2n) is 5.30. The minimum absolute atomic E-state index is 0.266. The Hall–Kier alpha value is -3.14. The average molecular weight is 371 g/mol. The summed E-state index contributed by atoms with van der Waals surface area (Å²) in [4.78, 5) is 14.7. The van der Waals surface area contributed by atoms with Gasteiger partial charge in [-0.15, -0.1) is 10.2 Å². The summed E-state index contributed by atoms with van der Waals surface area (Å²) in [5.41, 5.74) is 2.01. The van der Waals surface area contributed by atoms with Crippen LogP contribution in [-0.4, -0.2) is 25.9 Å². The van der Waals surface area contributed by atoms with E-state index in [-0.39, 0.29) is 17.5 Å². The van der Waals surface area contributed by atoms with Gasteiger partial charge in [0.1, 0.15) is 4.92 Å². The van der Waals surface area contributed by atoms with Gasteiger partial charge in [0.05, 0.1) is 6.07 Å². The molecular weight excluding hydrogens is 358 g/mol. The number of thioether (sulfide) groups is 1. The van der Waals surface area contributed by atoms with Gasteiger partial charge in [-0.1, -0.05) is 36.9 Å². The van der Waals surface area contributed by atoms with E-state index in [1.54, 1.807) is 0 Å². The van der Waals surface area contributed by atoms with Crippen LogP contribution in [0.15, 0.2) is 46.0 Å². The zero-order valence-corrected chi connectivity index (χ0v) is 14.4. The number of hydrogen-bond acceptors (Lipinski definition) is 9. The van der Waals surface area contributed by atoms with Crippen molar-refractivity contribution in [1.82, 2.24) is 15.2 Å². The Kier molecular flexibility index (Phi) is 4.17. The van der Waals surface area contributed by atoms with E-state index in [9.17, 15) is 10.1 Å². The standard InChI is InChI=1S/C16H13N5O4S/c1-2-26-16-18-15-13(19-20-16)9-5-3-4-6-10(9)17-14(25-15)11-7-8-12(24-11)21(22)23/h3-8,14,17H,2H2,1H3. The number of nitro groups is 1. The molecule has 0 amide bonds. The fourth-order valence-corrected chi connectivity index (χ4v) is 3.05. The van der Waals surface area contributed by atoms with Gasteiger partial charge in [0.15, 0.2) is 11.5 Å². The summed E-state index contributed by atoms with van der Waals surface area (Å²) in [7, 11) is 0. The molecule has 0 aliphatic carbocycles. The highest BCUT2D eigenvalue weighted by molar-refractivity contribution is 7.99. The average Bonchev–Trinajstić information content (AvgIpc) is 3.07. The highest BCUT2D eigenvalue weighted by Gasteiger charge is 2.29. The van der Waals surface area contributed by atoms with Gasteiger partial charge in [-0.2, -0.15) is 4.98 Å². The van der Waals surface area contributed by atoms with Gasteiger partial charge < -0.3 is 14.5 Å². The number of nitrogens with one attached hydrogen (secondary N) is 1. The topological polar surface area (TPSA) is 116 Å². The third-order valence-corrected chi connectivity index (χ3v) is 4.38. The van der Waals surface area contributed by atoms with Crippen molar-refractivity contribution < 1.29 is 14.1 Å². The molecule has 0 spiro atoms. The number of furan rings is 1. The number of benzene rings is 1. The summed E-state index contributed by atoms with van der Waals surface area (Å²) in [5, 5.41) is 23.0. The number of fused-ring (bicyclic) bond motifs is 3. The van der Waals surface area contributed by atoms with E-state index in [4.69, 9.17) is 9.15 Å². The molecule has 1 aliphatic heterocycles. The Morgan fingerprint density at radius 1 is 1.27 bits per heavy atom. The lowest BCUT2D eigenvalue weighted by Crippen LogP contribution is -2.16. The molecule has 3 aromatic rings. The van der Waals surface area contributed by atoms with Gasteiger partial charge in [0.2, 0.25) is 17.3 Å². The molecule has 0 fully saturated rings. The summed E-state index contributed by atoms with van der Waals surface area (Å²) in [5.74, 6) is 0.995. The highest BCUT2D eigenvalue weighted by Crippen LogP contribution is 2.40. The number of para-hydroxylation sites is 1. The highest BCUT2D eigenvalue weighted by atomic mass is 32.2. The molecule has 132 valence electrons. The zero-order valence-electron chi connectivity index (χ0n) is 13.6. The fourth-order valence-electron chi connectivity index (χ4n) is 2.55. The lowest BCUT2D eigenvalue weighted by atomic mass is 10.1. The van der Waals surface area contributed by atoms with Crippen molar-refractivity contribution in [3.63, 3.8) is 0 Å². The Balaban J connectivity index is 1.80. The molecule has 4 rings (SSSR count). The molecule has 1 aliphatic rings. The van der Waals surface area contributed by atoms with Crippen molar-refractivity contribution in [1.29, 1.82) is 0 Å². The van der Waals surface area contributed by atoms with Crippen molar-refractivity contribution in [3.05, 3.63) is 52.3 Å². The van der Waals surface area contributed by atoms with E-state index in [1.165, 1.54) is 23.9 Å². The van der Waals surface area contributed by atoms with E-state index in [1.807, 2.05) is 31.2 Å². The number of aromatic nitrogens is 3. The Morgan fingerprint density at radius 2 is 2.12 bits per heavy atom. The summed E-state index contributed by atoms with van der Waals surface area (Å²) in [6.07, 6.45) is -0.790. The molecule has 1 N–H and O–H groups in total. The smallest absolute Gasteiger partial charge is 0.433 e. The van der Waals surface area contributed by atoms with Gasteiger partial charge >= 0.3 is 5.88 Å². The van der Waals surface area contributed by atoms with Crippen molar-refractivity contribution in [3.8, 4) is 17.1 Å². The molecule has 26 heavy (non-hydrogen) atoms. The molecule has 0 radical (unpaired) electrons. The summed E-state index contributed by atoms with van der Waals surface area (Å²) in [6, 6.07) is 10.3. The van der Waals surface area contributed by atoms with Crippen LogP contribution in [0.1, 0.15) is 18.9 Å². The van der Waals surface area contributed by atoms with Crippen LogP contribution in [0.4, 0.5) is 11.6 Å². The molecule has 0 saturated heterocycles. The molecule has 2 aromatic heterocycles. The zero-order chi connectivity index (χ0) is 18.1. The molecule has 0 bridgehead atoms. The van der Waals surface area contributed by atoms with Crippen LogP contribution in [0, 0.1) is 10.1 Å². The first-order valence-corrected chi connectivity index (χ1v) is 8.78. The monoisotopic (exact) mass is 371 g/mol. The van der Waals surface area contributed by atoms with Crippen molar-refractivity contribution in [2.24, 2.45) is 0 Å². The van der Waals surface area contributed by atoms with Crippen LogP contribution < -0.4 is 10.1 Å². The fraction of sp³-hybridized carbons (Fsp3) is 0.188. The molecule has 1 aromatic carbocycles. The van der Waals surface area contributed by atoms with Crippen LogP contribution in [-0.2, 0) is 0 Å². The van der Waals surface area contributed by atoms with Crippen LogP contribution in [0.25, 0.3) is 11.3 Å². The predicted molar refractivity (Wildman–Crippen MR) is 94.0 cm³/mol. The van der Waals surface area contributed by atoms with Crippen LogP contribution >= 0.6 is 11.8 Å². The molecule has 1 atom stereocenters. The van der Waals surface area contributed by atoms with E-state index in [0.29, 0.717) is 10.9 Å². The minimum atomic E-state index is -0.790. The number of ether oxygens (including phenoxy) is 1. The minimum Gasteiger partial charge on any atom is -0.444 e. The SMILES string of the molecule is CCSc1nnc2c(n1)OC(c1ccc([N+](=O)[O-])o1)Nc1ccccc1-2. The largest absolute Gasteiger partial charge is 0.444 e. The molecule has 10 heteroatoms. The van der Waals surface area contributed by atoms with Crippen LogP contribution in [0.2, 0.25) is 0 Å². The van der Waals surface area contributed by atoms with Gasteiger partial charge in [-0.05, 0) is 17.9 Å². The lowest BCUT2D eigenvalue weighted by molar-refractivity contribution is -0.402. The molecule has 9 nitrogen and oxygen atoms in total. The number of nitrogens with zero attached hydrogens (tertiary/aromatic N) is 4. The quantitative estimate of drug-likeness (QED) is 0.416. The van der Waals surface area contributed by atoms with Crippen molar-refractivity contribution in [2.45, 2.75) is 18.3 Å². The number of hydrogen-bond donors (Lipinski definition) is 1. The maximum atomic E-state index is 10.9. The third kappa shape index (κ3) is 2.94. The van der Waals surface area contributed by atoms with Crippen LogP contribution in [0.3, 0.4) is 0 Å². The first kappa shape index (κ1) is 16.3. The van der Waals surface area contributed by atoms with E-state index in [2.05, 4.69) is 20.5 Å². The van der Waals surface area contributed by atoms with Gasteiger partial charge in [-0.25, -0.2) is 0 Å². The molecule has 1 unspecified atom stereocenters. The number of rotatable bonds is 4. The van der Waals surface area contributed by atoms with E-state index < -0.39 is 11.2 Å². The number of anilines is 1. The van der Waals surface area contributed by atoms with Gasteiger partial charge in [0, 0.05) is 11.3 Å². The Labute approximate surface area is 151 Å². The normalized spacial score (nSPS) is 15.2.